The first-order valence-electron chi connectivity index (χ1n) is 8.91. The summed E-state index contributed by atoms with van der Waals surface area (Å²) in [6.45, 7) is 6.25. The molecule has 0 aliphatic carbocycles. The van der Waals surface area contributed by atoms with Gasteiger partial charge >= 0.3 is 0 Å². The zero-order chi connectivity index (χ0) is 19.0. The van der Waals surface area contributed by atoms with Gasteiger partial charge < -0.3 is 5.11 Å². The average molecular weight is 355 g/mol. The van der Waals surface area contributed by atoms with E-state index >= 15 is 0 Å². The van der Waals surface area contributed by atoms with Crippen LogP contribution in [0.5, 0.6) is 5.75 Å². The summed E-state index contributed by atoms with van der Waals surface area (Å²) in [6, 6.07) is 17.8. The molecule has 0 fully saturated rings. The normalized spacial score (nSPS) is 11.5. The minimum atomic E-state index is 0.202. The number of nitrogens with one attached hydrogen (secondary N) is 1. The largest absolute Gasteiger partial charge is 0.507 e. The number of hydrazone groups is 1. The van der Waals surface area contributed by atoms with Gasteiger partial charge in [-0.05, 0) is 60.9 Å². The molecule has 0 radical (unpaired) electrons. The third-order valence-corrected chi connectivity index (χ3v) is 4.78. The lowest BCUT2D eigenvalue weighted by molar-refractivity contribution is 0.475. The highest BCUT2D eigenvalue weighted by molar-refractivity contribution is 6.02. The van der Waals surface area contributed by atoms with Crippen LogP contribution in [-0.4, -0.2) is 16.3 Å². The molecule has 4 nitrogen and oxygen atoms in total. The topological polar surface area (TPSA) is 57.5 Å². The number of fused-ring (bicyclic) bond motifs is 2. The van der Waals surface area contributed by atoms with Crippen LogP contribution in [0.2, 0.25) is 0 Å². The van der Waals surface area contributed by atoms with E-state index in [1.165, 1.54) is 5.56 Å². The van der Waals surface area contributed by atoms with Crippen molar-refractivity contribution in [2.75, 3.05) is 5.43 Å². The molecule has 0 bridgehead atoms. The van der Waals surface area contributed by atoms with Crippen LogP contribution in [-0.2, 0) is 0 Å². The van der Waals surface area contributed by atoms with Gasteiger partial charge in [0.15, 0.2) is 0 Å². The molecular weight excluding hydrogens is 334 g/mol. The van der Waals surface area contributed by atoms with Crippen molar-refractivity contribution >= 4 is 33.7 Å². The molecule has 134 valence electrons. The first-order valence-corrected chi connectivity index (χ1v) is 8.91. The maximum Gasteiger partial charge on any atom is 0.147 e. The molecule has 0 atom stereocenters. The summed E-state index contributed by atoms with van der Waals surface area (Å²) in [6.07, 6.45) is 1.64. The summed E-state index contributed by atoms with van der Waals surface area (Å²) in [5, 5.41) is 17.7. The van der Waals surface area contributed by atoms with Gasteiger partial charge in [0.1, 0.15) is 11.6 Å². The van der Waals surface area contributed by atoms with Crippen LogP contribution >= 0.6 is 0 Å². The van der Waals surface area contributed by atoms with Crippen molar-refractivity contribution in [3.05, 3.63) is 76.9 Å². The number of aromatic hydroxyl groups is 1. The molecule has 4 aromatic rings. The highest BCUT2D eigenvalue weighted by Gasteiger charge is 2.07. The van der Waals surface area contributed by atoms with E-state index in [4.69, 9.17) is 4.98 Å². The first-order chi connectivity index (χ1) is 13.0. The summed E-state index contributed by atoms with van der Waals surface area (Å²) in [7, 11) is 0. The van der Waals surface area contributed by atoms with Gasteiger partial charge in [0.25, 0.3) is 0 Å². The van der Waals surface area contributed by atoms with Crippen LogP contribution in [0.25, 0.3) is 21.7 Å². The van der Waals surface area contributed by atoms with Crippen LogP contribution < -0.4 is 5.43 Å². The molecule has 1 aromatic heterocycles. The molecule has 4 rings (SSSR count). The number of hydrogen-bond acceptors (Lipinski definition) is 4. The number of aryl methyl sites for hydroxylation is 3. The van der Waals surface area contributed by atoms with Crippen molar-refractivity contribution in [3.8, 4) is 5.75 Å². The maximum atomic E-state index is 10.2. The second-order valence-electron chi connectivity index (χ2n) is 6.89. The Hall–Kier alpha value is -3.40. The van der Waals surface area contributed by atoms with E-state index in [0.717, 1.165) is 32.8 Å². The Kier molecular flexibility index (Phi) is 4.24. The predicted molar refractivity (Wildman–Crippen MR) is 113 cm³/mol. The van der Waals surface area contributed by atoms with Gasteiger partial charge in [0.05, 0.1) is 11.7 Å². The SMILES string of the molecule is Cc1cc(C)c2nc(NN=Cc3c(O)ccc4ccccc34)cc(C)c2c1. The Balaban J connectivity index is 1.69. The predicted octanol–water partition coefficient (Wildman–Crippen LogP) is 5.46. The van der Waals surface area contributed by atoms with Crippen molar-refractivity contribution in [1.82, 2.24) is 4.98 Å². The smallest absolute Gasteiger partial charge is 0.147 e. The van der Waals surface area contributed by atoms with E-state index < -0.39 is 0 Å². The summed E-state index contributed by atoms with van der Waals surface area (Å²) >= 11 is 0. The zero-order valence-electron chi connectivity index (χ0n) is 15.6. The molecule has 0 saturated carbocycles. The fraction of sp³-hybridized carbons (Fsp3) is 0.130. The van der Waals surface area contributed by atoms with Crippen LogP contribution in [0, 0.1) is 20.8 Å². The molecule has 2 N–H and O–H groups in total. The summed E-state index contributed by atoms with van der Waals surface area (Å²) in [4.78, 5) is 4.71. The summed E-state index contributed by atoms with van der Waals surface area (Å²) in [5.74, 6) is 0.885. The number of benzene rings is 3. The Morgan fingerprint density at radius 1 is 0.926 bits per heavy atom. The molecule has 0 amide bonds. The van der Waals surface area contributed by atoms with Crippen molar-refractivity contribution in [2.24, 2.45) is 5.10 Å². The zero-order valence-corrected chi connectivity index (χ0v) is 15.6. The Bertz CT molecular complexity index is 1200. The van der Waals surface area contributed by atoms with Crippen LogP contribution in [0.15, 0.2) is 59.7 Å². The van der Waals surface area contributed by atoms with E-state index in [2.05, 4.69) is 43.4 Å². The van der Waals surface area contributed by atoms with Crippen molar-refractivity contribution in [3.63, 3.8) is 0 Å². The van der Waals surface area contributed by atoms with Gasteiger partial charge in [-0.1, -0.05) is 42.0 Å². The lowest BCUT2D eigenvalue weighted by atomic mass is 10.0. The third-order valence-electron chi connectivity index (χ3n) is 4.78. The number of aromatic nitrogens is 1. The molecule has 0 spiro atoms. The number of hydrogen-bond donors (Lipinski definition) is 2. The van der Waals surface area contributed by atoms with E-state index in [1.54, 1.807) is 12.3 Å². The standard InChI is InChI=1S/C23H21N3O/c1-14-10-16(3)23-19(11-14)15(2)12-22(25-23)26-24-13-20-18-7-5-4-6-17(18)8-9-21(20)27/h4-13,27H,1-3H3,(H,25,26). The lowest BCUT2D eigenvalue weighted by Gasteiger charge is -2.09. The van der Waals surface area contributed by atoms with Crippen molar-refractivity contribution in [2.45, 2.75) is 20.8 Å². The van der Waals surface area contributed by atoms with Gasteiger partial charge in [-0.25, -0.2) is 4.98 Å². The molecular formula is C23H21N3O. The minimum absolute atomic E-state index is 0.202. The monoisotopic (exact) mass is 355 g/mol. The number of pyridine rings is 1. The Morgan fingerprint density at radius 3 is 2.59 bits per heavy atom. The van der Waals surface area contributed by atoms with E-state index in [1.807, 2.05) is 36.4 Å². The molecule has 4 heteroatoms. The molecule has 3 aromatic carbocycles. The quantitative estimate of drug-likeness (QED) is 0.379. The van der Waals surface area contributed by atoms with Gasteiger partial charge in [0.2, 0.25) is 0 Å². The molecule has 0 aliphatic rings. The molecule has 0 aliphatic heterocycles. The molecule has 0 saturated heterocycles. The minimum Gasteiger partial charge on any atom is -0.507 e. The van der Waals surface area contributed by atoms with Crippen LogP contribution in [0.4, 0.5) is 5.82 Å². The fourth-order valence-electron chi connectivity index (χ4n) is 3.48. The van der Waals surface area contributed by atoms with E-state index in [9.17, 15) is 5.11 Å². The van der Waals surface area contributed by atoms with Crippen LogP contribution in [0.3, 0.4) is 0 Å². The third kappa shape index (κ3) is 3.22. The second kappa shape index (κ2) is 6.72. The lowest BCUT2D eigenvalue weighted by Crippen LogP contribution is -1.97. The fourth-order valence-corrected chi connectivity index (χ4v) is 3.48. The van der Waals surface area contributed by atoms with Gasteiger partial charge in [-0.2, -0.15) is 5.10 Å². The number of nitrogens with zero attached hydrogens (tertiary/aromatic N) is 2. The number of phenols is 1. The van der Waals surface area contributed by atoms with E-state index in [-0.39, 0.29) is 5.75 Å². The van der Waals surface area contributed by atoms with Crippen molar-refractivity contribution in [1.29, 1.82) is 0 Å². The average Bonchev–Trinajstić information content (AvgIpc) is 2.64. The summed E-state index contributed by atoms with van der Waals surface area (Å²) < 4.78 is 0. The van der Waals surface area contributed by atoms with Crippen molar-refractivity contribution < 1.29 is 5.11 Å². The maximum absolute atomic E-state index is 10.2. The second-order valence-corrected chi connectivity index (χ2v) is 6.89. The Morgan fingerprint density at radius 2 is 1.74 bits per heavy atom. The summed E-state index contributed by atoms with van der Waals surface area (Å²) in [5.41, 5.74) is 8.20. The molecule has 27 heavy (non-hydrogen) atoms. The number of rotatable bonds is 3. The number of anilines is 1. The first kappa shape index (κ1) is 17.0. The van der Waals surface area contributed by atoms with E-state index in [0.29, 0.717) is 11.4 Å². The Labute approximate surface area is 158 Å². The van der Waals surface area contributed by atoms with Gasteiger partial charge in [-0.3, -0.25) is 5.43 Å². The highest BCUT2D eigenvalue weighted by Crippen LogP contribution is 2.26. The number of phenolic OH excluding ortho intramolecular Hbond substituents is 1. The van der Waals surface area contributed by atoms with Gasteiger partial charge in [-0.15, -0.1) is 0 Å². The highest BCUT2D eigenvalue weighted by atomic mass is 16.3. The van der Waals surface area contributed by atoms with Crippen LogP contribution in [0.1, 0.15) is 22.3 Å². The molecule has 1 heterocycles. The molecule has 0 unspecified atom stereocenters. The van der Waals surface area contributed by atoms with Gasteiger partial charge in [0, 0.05) is 10.9 Å².